The van der Waals surface area contributed by atoms with Gasteiger partial charge in [-0.05, 0) is 55.5 Å². The number of nitrogens with zero attached hydrogens (tertiary/aromatic N) is 2. The minimum atomic E-state index is -1.05. The molecule has 1 heterocycles. The monoisotopic (exact) mass is 417 g/mol. The molecule has 29 heavy (non-hydrogen) atoms. The van der Waals surface area contributed by atoms with Crippen molar-refractivity contribution in [1.29, 1.82) is 0 Å². The van der Waals surface area contributed by atoms with Gasteiger partial charge in [0.1, 0.15) is 17.4 Å². The number of amides is 1. The summed E-state index contributed by atoms with van der Waals surface area (Å²) >= 11 is 5.50. The number of carbonyl (C=O) groups excluding carboxylic acids is 1. The van der Waals surface area contributed by atoms with Gasteiger partial charge in [-0.3, -0.25) is 9.69 Å². The van der Waals surface area contributed by atoms with E-state index in [1.54, 1.807) is 57.3 Å². The van der Waals surface area contributed by atoms with Crippen LogP contribution in [0, 0.1) is 11.6 Å². The summed E-state index contributed by atoms with van der Waals surface area (Å²) in [7, 11) is 4.73. The van der Waals surface area contributed by atoms with Crippen LogP contribution in [0.3, 0.4) is 0 Å². The van der Waals surface area contributed by atoms with Crippen LogP contribution in [0.5, 0.6) is 5.75 Å². The maximum atomic E-state index is 14.5. The number of halogens is 2. The number of allylic oxidation sites excluding steroid dienone is 1. The molecular formula is C21H21F2N3O2S. The molecule has 1 aliphatic heterocycles. The van der Waals surface area contributed by atoms with Crippen molar-refractivity contribution in [3.8, 4) is 5.75 Å². The molecule has 0 aromatic heterocycles. The van der Waals surface area contributed by atoms with Gasteiger partial charge in [-0.25, -0.2) is 8.78 Å². The van der Waals surface area contributed by atoms with E-state index in [0.717, 1.165) is 12.1 Å². The third kappa shape index (κ3) is 3.80. The minimum Gasteiger partial charge on any atom is -0.497 e. The zero-order chi connectivity index (χ0) is 21.3. The van der Waals surface area contributed by atoms with Crippen molar-refractivity contribution >= 4 is 28.9 Å². The fraction of sp³-hybridized carbons (Fsp3) is 0.238. The molecule has 0 unspecified atom stereocenters. The highest BCUT2D eigenvalue weighted by Crippen LogP contribution is 2.36. The van der Waals surface area contributed by atoms with Crippen LogP contribution in [-0.4, -0.2) is 37.1 Å². The zero-order valence-corrected chi connectivity index (χ0v) is 17.3. The Bertz CT molecular complexity index is 970. The van der Waals surface area contributed by atoms with Crippen molar-refractivity contribution in [1.82, 2.24) is 10.2 Å². The van der Waals surface area contributed by atoms with E-state index in [-0.39, 0.29) is 22.2 Å². The van der Waals surface area contributed by atoms with Crippen molar-refractivity contribution in [2.45, 2.75) is 13.0 Å². The summed E-state index contributed by atoms with van der Waals surface area (Å²) in [6, 6.07) is 9.66. The van der Waals surface area contributed by atoms with Crippen molar-refractivity contribution in [3.63, 3.8) is 0 Å². The second-order valence-corrected chi connectivity index (χ2v) is 7.14. The standard InChI is InChI=1S/C21H21F2N3O2S/c1-12-17(20(27)25(2)3)19(18-15(22)6-5-7-16(18)23)24-21(29)26(12)13-8-10-14(28-4)11-9-13/h5-11,19H,1-4H3,(H,24,29)/t19-/m0/s1. The predicted molar refractivity (Wildman–Crippen MR) is 112 cm³/mol. The molecule has 0 bridgehead atoms. The summed E-state index contributed by atoms with van der Waals surface area (Å²) in [5.41, 5.74) is 1.15. The van der Waals surface area contributed by atoms with Crippen molar-refractivity contribution < 1.29 is 18.3 Å². The smallest absolute Gasteiger partial charge is 0.253 e. The molecule has 0 radical (unpaired) electrons. The second-order valence-electron chi connectivity index (χ2n) is 6.75. The number of hydrogen-bond acceptors (Lipinski definition) is 3. The number of likely N-dealkylation sites (N-methyl/N-ethyl adjacent to an activating group) is 1. The molecule has 1 atom stereocenters. The summed E-state index contributed by atoms with van der Waals surface area (Å²) in [5, 5.41) is 3.18. The van der Waals surface area contributed by atoms with Gasteiger partial charge in [0.15, 0.2) is 5.11 Å². The highest BCUT2D eigenvalue weighted by atomic mass is 32.1. The van der Waals surface area contributed by atoms with E-state index in [9.17, 15) is 13.6 Å². The van der Waals surface area contributed by atoms with Crippen LogP contribution in [0.1, 0.15) is 18.5 Å². The van der Waals surface area contributed by atoms with Gasteiger partial charge in [0.25, 0.3) is 5.91 Å². The summed E-state index contributed by atoms with van der Waals surface area (Å²) in [4.78, 5) is 16.0. The Morgan fingerprint density at radius 1 is 1.14 bits per heavy atom. The van der Waals surface area contributed by atoms with Crippen LogP contribution in [-0.2, 0) is 4.79 Å². The largest absolute Gasteiger partial charge is 0.497 e. The lowest BCUT2D eigenvalue weighted by Gasteiger charge is -2.38. The first-order chi connectivity index (χ1) is 13.8. The highest BCUT2D eigenvalue weighted by Gasteiger charge is 2.37. The van der Waals surface area contributed by atoms with E-state index in [2.05, 4.69) is 5.32 Å². The summed E-state index contributed by atoms with van der Waals surface area (Å²) in [5.74, 6) is -1.20. The number of nitrogens with one attached hydrogen (secondary N) is 1. The van der Waals surface area contributed by atoms with Gasteiger partial charge in [-0.15, -0.1) is 0 Å². The van der Waals surface area contributed by atoms with E-state index in [4.69, 9.17) is 17.0 Å². The number of ether oxygens (including phenoxy) is 1. The van der Waals surface area contributed by atoms with E-state index in [0.29, 0.717) is 17.1 Å². The molecule has 8 heteroatoms. The lowest BCUT2D eigenvalue weighted by molar-refractivity contribution is -0.125. The maximum absolute atomic E-state index is 14.5. The predicted octanol–water partition coefficient (Wildman–Crippen LogP) is 3.77. The number of hydrogen-bond donors (Lipinski definition) is 1. The molecule has 0 saturated carbocycles. The van der Waals surface area contributed by atoms with Gasteiger partial charge >= 0.3 is 0 Å². The number of benzene rings is 2. The topological polar surface area (TPSA) is 44.8 Å². The van der Waals surface area contributed by atoms with E-state index in [1.165, 1.54) is 11.0 Å². The van der Waals surface area contributed by atoms with Crippen LogP contribution in [0.2, 0.25) is 0 Å². The first-order valence-corrected chi connectivity index (χ1v) is 9.28. The Balaban J connectivity index is 2.19. The third-order valence-corrected chi connectivity index (χ3v) is 5.04. The van der Waals surface area contributed by atoms with Crippen LogP contribution in [0.15, 0.2) is 53.7 Å². The lowest BCUT2D eigenvalue weighted by atomic mass is 9.93. The molecule has 0 aliphatic carbocycles. The Labute approximate surface area is 173 Å². The average molecular weight is 417 g/mol. The quantitative estimate of drug-likeness (QED) is 0.768. The van der Waals surface area contributed by atoms with Gasteiger partial charge in [-0.1, -0.05) is 6.07 Å². The Kier molecular flexibility index (Phi) is 5.83. The average Bonchev–Trinajstić information content (AvgIpc) is 2.68. The molecule has 5 nitrogen and oxygen atoms in total. The van der Waals surface area contributed by atoms with E-state index < -0.39 is 17.7 Å². The van der Waals surface area contributed by atoms with Crippen LogP contribution < -0.4 is 15.0 Å². The first kappa shape index (κ1) is 20.7. The van der Waals surface area contributed by atoms with Crippen LogP contribution in [0.4, 0.5) is 14.5 Å². The highest BCUT2D eigenvalue weighted by molar-refractivity contribution is 7.80. The SMILES string of the molecule is COc1ccc(N2C(=S)N[C@H](c3c(F)cccc3F)C(C(=O)N(C)C)=C2C)cc1. The molecule has 1 N–H and O–H groups in total. The molecule has 1 aliphatic rings. The molecule has 3 rings (SSSR count). The van der Waals surface area contributed by atoms with E-state index in [1.807, 2.05) is 0 Å². The third-order valence-electron chi connectivity index (χ3n) is 4.74. The summed E-state index contributed by atoms with van der Waals surface area (Å²) in [6.45, 7) is 1.71. The summed E-state index contributed by atoms with van der Waals surface area (Å²) < 4.78 is 34.2. The molecule has 0 saturated heterocycles. The number of thiocarbonyl (C=S) groups is 1. The summed E-state index contributed by atoms with van der Waals surface area (Å²) in [6.07, 6.45) is 0. The molecule has 2 aromatic rings. The number of methoxy groups -OCH3 is 1. The maximum Gasteiger partial charge on any atom is 0.253 e. The van der Waals surface area contributed by atoms with Crippen LogP contribution >= 0.6 is 12.2 Å². The molecule has 152 valence electrons. The number of rotatable bonds is 4. The molecule has 0 fully saturated rings. The molecule has 0 spiro atoms. The van der Waals surface area contributed by atoms with Crippen LogP contribution in [0.25, 0.3) is 0 Å². The molecule has 2 aromatic carbocycles. The van der Waals surface area contributed by atoms with Gasteiger partial charge in [0.05, 0.1) is 24.3 Å². The lowest BCUT2D eigenvalue weighted by Crippen LogP contribution is -2.49. The Morgan fingerprint density at radius 2 is 1.72 bits per heavy atom. The molecule has 1 amide bonds. The van der Waals surface area contributed by atoms with E-state index >= 15 is 0 Å². The van der Waals surface area contributed by atoms with Gasteiger partial charge in [0, 0.05) is 25.5 Å². The second kappa shape index (κ2) is 8.16. The number of anilines is 1. The molecular weight excluding hydrogens is 396 g/mol. The first-order valence-electron chi connectivity index (χ1n) is 8.87. The minimum absolute atomic E-state index is 0.211. The van der Waals surface area contributed by atoms with Gasteiger partial charge in [0.2, 0.25) is 0 Å². The van der Waals surface area contributed by atoms with Crippen molar-refractivity contribution in [2.24, 2.45) is 0 Å². The van der Waals surface area contributed by atoms with Gasteiger partial charge < -0.3 is 15.0 Å². The van der Waals surface area contributed by atoms with Crippen molar-refractivity contribution in [2.75, 3.05) is 26.1 Å². The fourth-order valence-electron chi connectivity index (χ4n) is 3.31. The number of carbonyl (C=O) groups is 1. The Hall–Kier alpha value is -3.00. The fourth-order valence-corrected chi connectivity index (χ4v) is 3.67. The normalized spacial score (nSPS) is 16.6. The van der Waals surface area contributed by atoms with Crippen molar-refractivity contribution in [3.05, 3.63) is 70.9 Å². The zero-order valence-electron chi connectivity index (χ0n) is 16.5. The Morgan fingerprint density at radius 3 is 2.24 bits per heavy atom. The van der Waals surface area contributed by atoms with Gasteiger partial charge in [-0.2, -0.15) is 0 Å².